The van der Waals surface area contributed by atoms with Crippen molar-refractivity contribution in [2.24, 2.45) is 0 Å². The molecule has 0 atom stereocenters. The number of hydrogen-bond donors (Lipinski definition) is 1. The zero-order chi connectivity index (χ0) is 13.1. The Hall–Kier alpha value is -1.75. The van der Waals surface area contributed by atoms with E-state index in [1.807, 2.05) is 20.8 Å². The van der Waals surface area contributed by atoms with Gasteiger partial charge in [-0.25, -0.2) is 4.39 Å². The first-order valence-electron chi connectivity index (χ1n) is 5.89. The van der Waals surface area contributed by atoms with Crippen molar-refractivity contribution in [3.05, 3.63) is 35.4 Å². The van der Waals surface area contributed by atoms with E-state index in [1.54, 1.807) is 6.07 Å². The molecule has 1 aromatic carbocycles. The van der Waals surface area contributed by atoms with E-state index in [9.17, 15) is 4.39 Å². The van der Waals surface area contributed by atoms with Crippen LogP contribution in [0.3, 0.4) is 0 Å². The van der Waals surface area contributed by atoms with Gasteiger partial charge in [-0.15, -0.1) is 0 Å². The number of aromatic nitrogens is 2. The Morgan fingerprint density at radius 2 is 2.17 bits per heavy atom. The SMILES string of the molecule is Cc1cc(F)ccc1-c1nc(CNC(C)C)no1. The van der Waals surface area contributed by atoms with Gasteiger partial charge in [0.15, 0.2) is 5.82 Å². The van der Waals surface area contributed by atoms with Crippen molar-refractivity contribution >= 4 is 0 Å². The predicted octanol–water partition coefficient (Wildman–Crippen LogP) is 2.68. The molecule has 96 valence electrons. The summed E-state index contributed by atoms with van der Waals surface area (Å²) in [5.74, 6) is 0.757. The number of hydrogen-bond acceptors (Lipinski definition) is 4. The van der Waals surface area contributed by atoms with E-state index in [-0.39, 0.29) is 5.82 Å². The van der Waals surface area contributed by atoms with Crippen LogP contribution in [0.25, 0.3) is 11.5 Å². The Kier molecular flexibility index (Phi) is 3.72. The third kappa shape index (κ3) is 2.92. The molecule has 0 aliphatic carbocycles. The molecular formula is C13H16FN3O. The molecule has 0 unspecified atom stereocenters. The van der Waals surface area contributed by atoms with Gasteiger partial charge in [-0.05, 0) is 30.7 Å². The summed E-state index contributed by atoms with van der Waals surface area (Å²) in [7, 11) is 0. The highest BCUT2D eigenvalue weighted by atomic mass is 19.1. The van der Waals surface area contributed by atoms with E-state index < -0.39 is 0 Å². The smallest absolute Gasteiger partial charge is 0.258 e. The van der Waals surface area contributed by atoms with E-state index in [0.717, 1.165) is 11.1 Å². The van der Waals surface area contributed by atoms with Gasteiger partial charge in [0.2, 0.25) is 0 Å². The Morgan fingerprint density at radius 3 is 2.83 bits per heavy atom. The molecule has 2 rings (SSSR count). The van der Waals surface area contributed by atoms with E-state index >= 15 is 0 Å². The lowest BCUT2D eigenvalue weighted by Gasteiger charge is -2.03. The molecule has 0 aliphatic heterocycles. The fourth-order valence-electron chi connectivity index (χ4n) is 1.60. The second-order valence-corrected chi connectivity index (χ2v) is 4.51. The lowest BCUT2D eigenvalue weighted by Crippen LogP contribution is -2.22. The molecule has 5 heteroatoms. The maximum absolute atomic E-state index is 13.0. The molecule has 4 nitrogen and oxygen atoms in total. The first-order chi connectivity index (χ1) is 8.56. The standard InChI is InChI=1S/C13H16FN3O/c1-8(2)15-7-12-16-13(18-17-12)11-5-4-10(14)6-9(11)3/h4-6,8,15H,7H2,1-3H3. The monoisotopic (exact) mass is 249 g/mol. The van der Waals surface area contributed by atoms with Gasteiger partial charge in [-0.1, -0.05) is 19.0 Å². The first kappa shape index (κ1) is 12.7. The van der Waals surface area contributed by atoms with E-state index in [4.69, 9.17) is 4.52 Å². The summed E-state index contributed by atoms with van der Waals surface area (Å²) in [5, 5.41) is 7.09. The second-order valence-electron chi connectivity index (χ2n) is 4.51. The van der Waals surface area contributed by atoms with Gasteiger partial charge in [0.25, 0.3) is 5.89 Å². The maximum Gasteiger partial charge on any atom is 0.258 e. The highest BCUT2D eigenvalue weighted by Crippen LogP contribution is 2.22. The third-order valence-corrected chi connectivity index (χ3v) is 2.56. The quantitative estimate of drug-likeness (QED) is 0.905. The molecule has 0 aliphatic rings. The Bertz CT molecular complexity index is 537. The van der Waals surface area contributed by atoms with Gasteiger partial charge in [-0.2, -0.15) is 4.98 Å². The molecule has 1 aromatic heterocycles. The van der Waals surface area contributed by atoms with Gasteiger partial charge >= 0.3 is 0 Å². The van der Waals surface area contributed by atoms with Crippen LogP contribution in [0.5, 0.6) is 0 Å². The lowest BCUT2D eigenvalue weighted by atomic mass is 10.1. The first-order valence-corrected chi connectivity index (χ1v) is 5.89. The number of rotatable bonds is 4. The molecule has 1 heterocycles. The van der Waals surface area contributed by atoms with Crippen molar-refractivity contribution in [3.8, 4) is 11.5 Å². The molecule has 0 fully saturated rings. The van der Waals surface area contributed by atoms with Gasteiger partial charge in [0.1, 0.15) is 5.82 Å². The summed E-state index contributed by atoms with van der Waals surface area (Å²) in [5.41, 5.74) is 1.54. The van der Waals surface area contributed by atoms with E-state index in [2.05, 4.69) is 15.5 Å². The molecule has 0 amide bonds. The van der Waals surface area contributed by atoms with Crippen molar-refractivity contribution in [1.29, 1.82) is 0 Å². The molecule has 0 saturated heterocycles. The summed E-state index contributed by atoms with van der Waals surface area (Å²) in [6, 6.07) is 4.85. The minimum absolute atomic E-state index is 0.266. The van der Waals surface area contributed by atoms with Crippen LogP contribution >= 0.6 is 0 Å². The van der Waals surface area contributed by atoms with Crippen LogP contribution in [0.2, 0.25) is 0 Å². The van der Waals surface area contributed by atoms with Crippen LogP contribution in [0, 0.1) is 12.7 Å². The molecule has 0 bridgehead atoms. The fraction of sp³-hybridized carbons (Fsp3) is 0.385. The van der Waals surface area contributed by atoms with Crippen molar-refractivity contribution < 1.29 is 8.91 Å². The maximum atomic E-state index is 13.0. The minimum Gasteiger partial charge on any atom is -0.334 e. The van der Waals surface area contributed by atoms with Crippen molar-refractivity contribution in [1.82, 2.24) is 15.5 Å². The second kappa shape index (κ2) is 5.27. The molecular weight excluding hydrogens is 233 g/mol. The van der Waals surface area contributed by atoms with Crippen molar-refractivity contribution in [2.45, 2.75) is 33.4 Å². The minimum atomic E-state index is -0.266. The molecule has 1 N–H and O–H groups in total. The number of aryl methyl sites for hydroxylation is 1. The van der Waals surface area contributed by atoms with Crippen LogP contribution in [-0.4, -0.2) is 16.2 Å². The highest BCUT2D eigenvalue weighted by molar-refractivity contribution is 5.57. The van der Waals surface area contributed by atoms with Crippen LogP contribution < -0.4 is 5.32 Å². The summed E-state index contributed by atoms with van der Waals surface area (Å²) in [4.78, 5) is 4.28. The van der Waals surface area contributed by atoms with Gasteiger partial charge in [0, 0.05) is 11.6 Å². The summed E-state index contributed by atoms with van der Waals surface area (Å²) in [6.07, 6.45) is 0. The Labute approximate surface area is 105 Å². The Morgan fingerprint density at radius 1 is 1.39 bits per heavy atom. The molecule has 2 aromatic rings. The third-order valence-electron chi connectivity index (χ3n) is 2.56. The highest BCUT2D eigenvalue weighted by Gasteiger charge is 2.11. The van der Waals surface area contributed by atoms with Gasteiger partial charge in [0.05, 0.1) is 6.54 Å². The van der Waals surface area contributed by atoms with Crippen molar-refractivity contribution in [2.75, 3.05) is 0 Å². The zero-order valence-electron chi connectivity index (χ0n) is 10.7. The molecule has 0 spiro atoms. The van der Waals surface area contributed by atoms with E-state index in [1.165, 1.54) is 12.1 Å². The topological polar surface area (TPSA) is 51.0 Å². The lowest BCUT2D eigenvalue weighted by molar-refractivity contribution is 0.417. The fourth-order valence-corrected chi connectivity index (χ4v) is 1.60. The van der Waals surface area contributed by atoms with Crippen molar-refractivity contribution in [3.63, 3.8) is 0 Å². The van der Waals surface area contributed by atoms with Crippen LogP contribution in [-0.2, 0) is 6.54 Å². The summed E-state index contributed by atoms with van der Waals surface area (Å²) in [6.45, 7) is 6.46. The zero-order valence-corrected chi connectivity index (χ0v) is 10.7. The predicted molar refractivity (Wildman–Crippen MR) is 66.4 cm³/mol. The molecule has 18 heavy (non-hydrogen) atoms. The van der Waals surface area contributed by atoms with Crippen LogP contribution in [0.15, 0.2) is 22.7 Å². The number of halogens is 1. The number of nitrogens with zero attached hydrogens (tertiary/aromatic N) is 2. The van der Waals surface area contributed by atoms with Gasteiger partial charge in [-0.3, -0.25) is 0 Å². The number of benzene rings is 1. The summed E-state index contributed by atoms with van der Waals surface area (Å²) >= 11 is 0. The molecule has 0 radical (unpaired) electrons. The van der Waals surface area contributed by atoms with Gasteiger partial charge < -0.3 is 9.84 Å². The van der Waals surface area contributed by atoms with E-state index in [0.29, 0.717) is 24.3 Å². The molecule has 0 saturated carbocycles. The Balaban J connectivity index is 2.18. The summed E-state index contributed by atoms with van der Waals surface area (Å²) < 4.78 is 18.2. The van der Waals surface area contributed by atoms with Crippen LogP contribution in [0.4, 0.5) is 4.39 Å². The average Bonchev–Trinajstić information content (AvgIpc) is 2.75. The largest absolute Gasteiger partial charge is 0.334 e. The number of nitrogens with one attached hydrogen (secondary N) is 1. The normalized spacial score (nSPS) is 11.2. The average molecular weight is 249 g/mol. The van der Waals surface area contributed by atoms with Crippen LogP contribution in [0.1, 0.15) is 25.2 Å².